The van der Waals surface area contributed by atoms with Gasteiger partial charge in [0.15, 0.2) is 6.29 Å². The zero-order chi connectivity index (χ0) is 13.4. The Kier molecular flexibility index (Phi) is 3.12. The van der Waals surface area contributed by atoms with Gasteiger partial charge in [0.2, 0.25) is 0 Å². The van der Waals surface area contributed by atoms with Crippen LogP contribution in [0.1, 0.15) is 12.5 Å². The highest BCUT2D eigenvalue weighted by atomic mass is 19.1. The van der Waals surface area contributed by atoms with Gasteiger partial charge in [-0.15, -0.1) is 0 Å². The maximum Gasteiger partial charge on any atom is 0.179 e. The molecule has 0 radical (unpaired) electrons. The van der Waals surface area contributed by atoms with Crippen LogP contribution in [0.25, 0.3) is 10.9 Å². The number of aromatic nitrogens is 2. The number of hydrogen-bond acceptors (Lipinski definition) is 4. The Balaban J connectivity index is 2.11. The molecule has 19 heavy (non-hydrogen) atoms. The van der Waals surface area contributed by atoms with E-state index < -0.39 is 0 Å². The predicted molar refractivity (Wildman–Crippen MR) is 69.6 cm³/mol. The first-order valence-corrected chi connectivity index (χ1v) is 6.22. The van der Waals surface area contributed by atoms with Gasteiger partial charge in [0.1, 0.15) is 17.7 Å². The Labute approximate surface area is 110 Å². The summed E-state index contributed by atoms with van der Waals surface area (Å²) in [6, 6.07) is 4.61. The van der Waals surface area contributed by atoms with Gasteiger partial charge in [0, 0.05) is 32.2 Å². The summed E-state index contributed by atoms with van der Waals surface area (Å²) in [6.07, 6.45) is 0.482. The summed E-state index contributed by atoms with van der Waals surface area (Å²) in [4.78, 5) is 0. The molecular weight excluding hydrogens is 249 g/mol. The standard InChI is InChI=1S/C13H16FN3O2/c1-18-13(19-2)11-5-6-15-12-9-4-3-8(14)7-10(9)16-17(11)12/h3-4,7,11,13,15H,5-6H2,1-2H3. The SMILES string of the molecule is COC(OC)C1CCNc2c3ccc(F)cc3nn21. The monoisotopic (exact) mass is 265 g/mol. The Morgan fingerprint density at radius 3 is 2.95 bits per heavy atom. The van der Waals surface area contributed by atoms with Crippen molar-refractivity contribution in [2.45, 2.75) is 18.8 Å². The number of hydrogen-bond donors (Lipinski definition) is 1. The molecule has 2 aromatic rings. The van der Waals surface area contributed by atoms with E-state index in [1.54, 1.807) is 20.3 Å². The van der Waals surface area contributed by atoms with Gasteiger partial charge in [-0.1, -0.05) is 0 Å². The molecule has 1 N–H and O–H groups in total. The molecule has 1 aromatic carbocycles. The fourth-order valence-electron chi connectivity index (χ4n) is 2.62. The van der Waals surface area contributed by atoms with E-state index in [1.807, 2.05) is 4.68 Å². The Morgan fingerprint density at radius 2 is 2.21 bits per heavy atom. The summed E-state index contributed by atoms with van der Waals surface area (Å²) < 4.78 is 25.8. The highest BCUT2D eigenvalue weighted by Crippen LogP contribution is 2.33. The summed E-state index contributed by atoms with van der Waals surface area (Å²) in [5, 5.41) is 8.69. The molecule has 0 aliphatic carbocycles. The van der Waals surface area contributed by atoms with Gasteiger partial charge in [0.25, 0.3) is 0 Å². The average molecular weight is 265 g/mol. The van der Waals surface area contributed by atoms with E-state index in [0.717, 1.165) is 24.2 Å². The summed E-state index contributed by atoms with van der Waals surface area (Å²) in [7, 11) is 3.22. The number of nitrogens with one attached hydrogen (secondary N) is 1. The quantitative estimate of drug-likeness (QED) is 0.864. The Morgan fingerprint density at radius 1 is 1.42 bits per heavy atom. The summed E-state index contributed by atoms with van der Waals surface area (Å²) in [5.74, 6) is 0.611. The van der Waals surface area contributed by atoms with Crippen molar-refractivity contribution >= 4 is 16.7 Å². The molecule has 1 unspecified atom stereocenters. The maximum absolute atomic E-state index is 13.3. The van der Waals surface area contributed by atoms with Gasteiger partial charge < -0.3 is 14.8 Å². The second kappa shape index (κ2) is 4.79. The first-order valence-electron chi connectivity index (χ1n) is 6.22. The lowest BCUT2D eigenvalue weighted by atomic mass is 10.1. The maximum atomic E-state index is 13.3. The molecule has 0 fully saturated rings. The molecule has 1 atom stereocenters. The third kappa shape index (κ3) is 1.97. The van der Waals surface area contributed by atoms with Crippen LogP contribution in [0.5, 0.6) is 0 Å². The fraction of sp³-hybridized carbons (Fsp3) is 0.462. The molecule has 0 amide bonds. The minimum atomic E-state index is -0.361. The highest BCUT2D eigenvalue weighted by molar-refractivity contribution is 5.90. The molecule has 0 bridgehead atoms. The van der Waals surface area contributed by atoms with Crippen molar-refractivity contribution in [1.29, 1.82) is 0 Å². The molecular formula is C13H16FN3O2. The first-order chi connectivity index (χ1) is 9.24. The van der Waals surface area contributed by atoms with Crippen molar-refractivity contribution in [2.24, 2.45) is 0 Å². The lowest BCUT2D eigenvalue weighted by Gasteiger charge is -2.30. The van der Waals surface area contributed by atoms with E-state index in [4.69, 9.17) is 9.47 Å². The van der Waals surface area contributed by atoms with Crippen LogP contribution in [-0.2, 0) is 9.47 Å². The average Bonchev–Trinajstić information content (AvgIpc) is 2.78. The van der Waals surface area contributed by atoms with E-state index >= 15 is 0 Å². The van der Waals surface area contributed by atoms with Crippen LogP contribution < -0.4 is 5.32 Å². The van der Waals surface area contributed by atoms with Crippen LogP contribution in [0.2, 0.25) is 0 Å². The molecule has 1 aromatic heterocycles. The summed E-state index contributed by atoms with van der Waals surface area (Å²) >= 11 is 0. The van der Waals surface area contributed by atoms with Crippen molar-refractivity contribution in [3.05, 3.63) is 24.0 Å². The summed E-state index contributed by atoms with van der Waals surface area (Å²) in [5.41, 5.74) is 0.639. The molecule has 0 saturated carbocycles. The second-order valence-electron chi connectivity index (χ2n) is 4.58. The lowest BCUT2D eigenvalue weighted by molar-refractivity contribution is -0.135. The minimum absolute atomic E-state index is 0.0123. The molecule has 1 aliphatic heterocycles. The number of halogens is 1. The Hall–Kier alpha value is -1.66. The number of nitrogens with zero attached hydrogens (tertiary/aromatic N) is 2. The third-order valence-electron chi connectivity index (χ3n) is 3.48. The fourth-order valence-corrected chi connectivity index (χ4v) is 2.62. The van der Waals surface area contributed by atoms with E-state index in [1.165, 1.54) is 12.1 Å². The summed E-state index contributed by atoms with van der Waals surface area (Å²) in [6.45, 7) is 0.812. The molecule has 6 heteroatoms. The zero-order valence-corrected chi connectivity index (χ0v) is 10.9. The number of fused-ring (bicyclic) bond motifs is 3. The van der Waals surface area contributed by atoms with Crippen LogP contribution in [0.15, 0.2) is 18.2 Å². The van der Waals surface area contributed by atoms with Gasteiger partial charge in [-0.25, -0.2) is 9.07 Å². The molecule has 2 heterocycles. The third-order valence-corrected chi connectivity index (χ3v) is 3.48. The van der Waals surface area contributed by atoms with Crippen LogP contribution in [-0.4, -0.2) is 36.8 Å². The van der Waals surface area contributed by atoms with E-state index in [0.29, 0.717) is 5.52 Å². The molecule has 102 valence electrons. The van der Waals surface area contributed by atoms with E-state index in [-0.39, 0.29) is 18.1 Å². The molecule has 0 saturated heterocycles. The predicted octanol–water partition coefficient (Wildman–Crippen LogP) is 2.15. The second-order valence-corrected chi connectivity index (χ2v) is 4.58. The van der Waals surface area contributed by atoms with Crippen molar-refractivity contribution in [3.8, 4) is 0 Å². The molecule has 3 rings (SSSR count). The minimum Gasteiger partial charge on any atom is -0.370 e. The van der Waals surface area contributed by atoms with Crippen LogP contribution >= 0.6 is 0 Å². The van der Waals surface area contributed by atoms with Gasteiger partial charge in [-0.05, 0) is 18.6 Å². The molecule has 1 aliphatic rings. The number of rotatable bonds is 3. The molecule has 0 spiro atoms. The molecule has 5 nitrogen and oxygen atoms in total. The van der Waals surface area contributed by atoms with E-state index in [9.17, 15) is 4.39 Å². The van der Waals surface area contributed by atoms with E-state index in [2.05, 4.69) is 10.4 Å². The lowest BCUT2D eigenvalue weighted by Crippen LogP contribution is -2.34. The number of benzene rings is 1. The van der Waals surface area contributed by atoms with Gasteiger partial charge in [0.05, 0.1) is 5.52 Å². The number of ether oxygens (including phenoxy) is 2. The largest absolute Gasteiger partial charge is 0.370 e. The van der Waals surface area contributed by atoms with Crippen LogP contribution in [0, 0.1) is 5.82 Å². The topological polar surface area (TPSA) is 48.3 Å². The first kappa shape index (κ1) is 12.4. The van der Waals surface area contributed by atoms with Crippen molar-refractivity contribution < 1.29 is 13.9 Å². The van der Waals surface area contributed by atoms with Crippen molar-refractivity contribution in [2.75, 3.05) is 26.1 Å². The zero-order valence-electron chi connectivity index (χ0n) is 10.9. The van der Waals surface area contributed by atoms with Gasteiger partial charge in [-0.2, -0.15) is 5.10 Å². The van der Waals surface area contributed by atoms with Crippen LogP contribution in [0.3, 0.4) is 0 Å². The highest BCUT2D eigenvalue weighted by Gasteiger charge is 2.30. The van der Waals surface area contributed by atoms with Crippen molar-refractivity contribution in [3.63, 3.8) is 0 Å². The number of methoxy groups -OCH3 is 2. The van der Waals surface area contributed by atoms with Gasteiger partial charge >= 0.3 is 0 Å². The number of anilines is 1. The Bertz CT molecular complexity index is 595. The van der Waals surface area contributed by atoms with Gasteiger partial charge in [-0.3, -0.25) is 0 Å². The van der Waals surface area contributed by atoms with Crippen molar-refractivity contribution in [1.82, 2.24) is 9.78 Å². The smallest absolute Gasteiger partial charge is 0.179 e. The van der Waals surface area contributed by atoms with Crippen LogP contribution in [0.4, 0.5) is 10.2 Å². The normalized spacial score (nSPS) is 18.6.